The number of primary amides is 1. The molecule has 4 rings (SSSR count). The minimum absolute atomic E-state index is 0.153. The Kier molecular flexibility index (Phi) is 5.60. The lowest BCUT2D eigenvalue weighted by Gasteiger charge is -2.23. The van der Waals surface area contributed by atoms with Gasteiger partial charge in [0.05, 0.1) is 16.8 Å². The standard InChI is InChI=1S/C20H20N6O2S2/c1-29-19-24-15(13-14(21)16(17(22)27)30-18(13)25-19)11-6-5-7-12(10-11)23-20(28)26-8-3-2-4-9-26/h2-3,5-7,10H,4,8-9,21H2,1H3,(H2,22,27)(H,23,28). The SMILES string of the molecule is CSc1nc(-c2cccc(NC(=O)N3CC=CCC3)c2)c2c(N)c(C(N)=O)sc2n1. The Morgan fingerprint density at radius 2 is 2.10 bits per heavy atom. The van der Waals surface area contributed by atoms with Gasteiger partial charge in [-0.15, -0.1) is 11.3 Å². The maximum Gasteiger partial charge on any atom is 0.322 e. The van der Waals surface area contributed by atoms with E-state index < -0.39 is 5.91 Å². The third-order valence-corrected chi connectivity index (χ3v) is 6.37. The van der Waals surface area contributed by atoms with E-state index in [1.165, 1.54) is 11.8 Å². The zero-order chi connectivity index (χ0) is 21.3. The number of benzene rings is 1. The fourth-order valence-electron chi connectivity index (χ4n) is 3.26. The van der Waals surface area contributed by atoms with Crippen molar-refractivity contribution in [1.29, 1.82) is 0 Å². The van der Waals surface area contributed by atoms with E-state index in [1.54, 1.807) is 4.90 Å². The smallest absolute Gasteiger partial charge is 0.322 e. The van der Waals surface area contributed by atoms with E-state index in [-0.39, 0.29) is 16.6 Å². The Labute approximate surface area is 181 Å². The number of hydrogen-bond donors (Lipinski definition) is 3. The van der Waals surface area contributed by atoms with Crippen LogP contribution in [0.1, 0.15) is 16.1 Å². The molecule has 1 aliphatic rings. The molecule has 0 unspecified atom stereocenters. The summed E-state index contributed by atoms with van der Waals surface area (Å²) in [4.78, 5) is 36.0. The lowest BCUT2D eigenvalue weighted by atomic mass is 10.1. The van der Waals surface area contributed by atoms with Gasteiger partial charge in [0.2, 0.25) is 0 Å². The molecule has 0 spiro atoms. The third kappa shape index (κ3) is 3.83. The van der Waals surface area contributed by atoms with Crippen LogP contribution in [0.3, 0.4) is 0 Å². The lowest BCUT2D eigenvalue weighted by molar-refractivity contribution is 0.100. The Hall–Kier alpha value is -3.11. The summed E-state index contributed by atoms with van der Waals surface area (Å²) in [5.74, 6) is -0.594. The normalized spacial score (nSPS) is 13.6. The summed E-state index contributed by atoms with van der Waals surface area (Å²) in [5, 5.41) is 4.09. The van der Waals surface area contributed by atoms with Crippen LogP contribution in [0.15, 0.2) is 41.6 Å². The highest BCUT2D eigenvalue weighted by molar-refractivity contribution is 7.98. The number of carbonyl (C=O) groups is 2. The number of nitrogens with zero attached hydrogens (tertiary/aromatic N) is 3. The Morgan fingerprint density at radius 1 is 1.27 bits per heavy atom. The molecule has 8 nitrogen and oxygen atoms in total. The van der Waals surface area contributed by atoms with Crippen LogP contribution in [-0.4, -0.2) is 46.2 Å². The van der Waals surface area contributed by atoms with Gasteiger partial charge in [-0.3, -0.25) is 4.79 Å². The first kappa shape index (κ1) is 20.2. The van der Waals surface area contributed by atoms with Crippen molar-refractivity contribution >= 4 is 56.6 Å². The summed E-state index contributed by atoms with van der Waals surface area (Å²) in [6.45, 7) is 1.28. The van der Waals surface area contributed by atoms with Crippen LogP contribution in [0.5, 0.6) is 0 Å². The minimum atomic E-state index is -0.594. The van der Waals surface area contributed by atoms with Crippen molar-refractivity contribution in [1.82, 2.24) is 14.9 Å². The van der Waals surface area contributed by atoms with Crippen LogP contribution in [-0.2, 0) is 0 Å². The van der Waals surface area contributed by atoms with E-state index in [0.717, 1.165) is 23.3 Å². The molecule has 1 aliphatic heterocycles. The summed E-state index contributed by atoms with van der Waals surface area (Å²) in [6.07, 6.45) is 6.78. The Morgan fingerprint density at radius 3 is 2.80 bits per heavy atom. The first-order valence-electron chi connectivity index (χ1n) is 9.23. The van der Waals surface area contributed by atoms with Gasteiger partial charge in [-0.2, -0.15) is 0 Å². The molecule has 3 amide bonds. The van der Waals surface area contributed by atoms with Gasteiger partial charge in [0.25, 0.3) is 5.91 Å². The number of hydrogen-bond acceptors (Lipinski definition) is 7. The van der Waals surface area contributed by atoms with E-state index in [4.69, 9.17) is 11.5 Å². The van der Waals surface area contributed by atoms with Crippen LogP contribution in [0.25, 0.3) is 21.5 Å². The topological polar surface area (TPSA) is 127 Å². The number of fused-ring (bicyclic) bond motifs is 1. The van der Waals surface area contributed by atoms with Crippen molar-refractivity contribution in [2.24, 2.45) is 5.73 Å². The molecule has 0 radical (unpaired) electrons. The van der Waals surface area contributed by atoms with E-state index >= 15 is 0 Å². The van der Waals surface area contributed by atoms with E-state index in [9.17, 15) is 9.59 Å². The molecule has 10 heteroatoms. The van der Waals surface area contributed by atoms with Gasteiger partial charge in [-0.05, 0) is 24.8 Å². The van der Waals surface area contributed by atoms with Crippen LogP contribution >= 0.6 is 23.1 Å². The van der Waals surface area contributed by atoms with Gasteiger partial charge in [0, 0.05) is 24.3 Å². The number of thioether (sulfide) groups is 1. The molecule has 0 bridgehead atoms. The quantitative estimate of drug-likeness (QED) is 0.323. The molecule has 0 aliphatic carbocycles. The number of carbonyl (C=O) groups excluding carboxylic acids is 2. The molecule has 5 N–H and O–H groups in total. The average molecular weight is 441 g/mol. The number of urea groups is 1. The highest BCUT2D eigenvalue weighted by atomic mass is 32.2. The molecule has 0 saturated carbocycles. The lowest BCUT2D eigenvalue weighted by Crippen LogP contribution is -2.37. The van der Waals surface area contributed by atoms with Gasteiger partial charge >= 0.3 is 6.03 Å². The van der Waals surface area contributed by atoms with Crippen molar-refractivity contribution in [3.63, 3.8) is 0 Å². The predicted octanol–water partition coefficient (Wildman–Crippen LogP) is 3.56. The Bertz CT molecular complexity index is 1170. The highest BCUT2D eigenvalue weighted by Crippen LogP contribution is 2.39. The zero-order valence-electron chi connectivity index (χ0n) is 16.2. The van der Waals surface area contributed by atoms with Crippen molar-refractivity contribution in [2.45, 2.75) is 11.6 Å². The van der Waals surface area contributed by atoms with E-state index in [1.807, 2.05) is 36.6 Å². The molecule has 30 heavy (non-hydrogen) atoms. The molecule has 154 valence electrons. The highest BCUT2D eigenvalue weighted by Gasteiger charge is 2.21. The Balaban J connectivity index is 1.75. The van der Waals surface area contributed by atoms with Gasteiger partial charge in [-0.25, -0.2) is 14.8 Å². The van der Waals surface area contributed by atoms with Crippen LogP contribution in [0.2, 0.25) is 0 Å². The third-order valence-electron chi connectivity index (χ3n) is 4.71. The first-order valence-corrected chi connectivity index (χ1v) is 11.3. The summed E-state index contributed by atoms with van der Waals surface area (Å²) < 4.78 is 0. The fourth-order valence-corrected chi connectivity index (χ4v) is 4.63. The van der Waals surface area contributed by atoms with Crippen molar-refractivity contribution < 1.29 is 9.59 Å². The molecule has 0 saturated heterocycles. The van der Waals surface area contributed by atoms with Crippen molar-refractivity contribution in [2.75, 3.05) is 30.4 Å². The number of nitrogens with two attached hydrogens (primary N) is 2. The number of aromatic nitrogens is 2. The second kappa shape index (κ2) is 8.33. The second-order valence-electron chi connectivity index (χ2n) is 6.67. The number of amides is 3. The summed E-state index contributed by atoms with van der Waals surface area (Å²) in [5.41, 5.74) is 14.0. The van der Waals surface area contributed by atoms with E-state index in [0.29, 0.717) is 39.8 Å². The number of rotatable bonds is 4. The van der Waals surface area contributed by atoms with Crippen LogP contribution in [0.4, 0.5) is 16.2 Å². The van der Waals surface area contributed by atoms with Gasteiger partial charge in [0.15, 0.2) is 5.16 Å². The van der Waals surface area contributed by atoms with Crippen molar-refractivity contribution in [3.05, 3.63) is 41.3 Å². The zero-order valence-corrected chi connectivity index (χ0v) is 17.8. The van der Waals surface area contributed by atoms with Crippen LogP contribution in [0, 0.1) is 0 Å². The molecule has 0 atom stereocenters. The maximum absolute atomic E-state index is 12.5. The summed E-state index contributed by atoms with van der Waals surface area (Å²) in [6, 6.07) is 7.23. The minimum Gasteiger partial charge on any atom is -0.397 e. The molecule has 1 aromatic carbocycles. The van der Waals surface area contributed by atoms with E-state index in [2.05, 4.69) is 21.4 Å². The molecule has 3 aromatic rings. The second-order valence-corrected chi connectivity index (χ2v) is 8.44. The van der Waals surface area contributed by atoms with Gasteiger partial charge in [-0.1, -0.05) is 36.0 Å². The monoisotopic (exact) mass is 440 g/mol. The van der Waals surface area contributed by atoms with Crippen LogP contribution < -0.4 is 16.8 Å². The van der Waals surface area contributed by atoms with Gasteiger partial charge in [0.1, 0.15) is 9.71 Å². The maximum atomic E-state index is 12.5. The van der Waals surface area contributed by atoms with Crippen molar-refractivity contribution in [3.8, 4) is 11.3 Å². The largest absolute Gasteiger partial charge is 0.397 e. The number of thiophene rings is 1. The molecule has 3 heterocycles. The molecule has 2 aromatic heterocycles. The molecular formula is C20H20N6O2S2. The predicted molar refractivity (Wildman–Crippen MR) is 122 cm³/mol. The van der Waals surface area contributed by atoms with Gasteiger partial charge < -0.3 is 21.7 Å². The summed E-state index contributed by atoms with van der Waals surface area (Å²) >= 11 is 2.55. The fraction of sp³-hybridized carbons (Fsp3) is 0.200. The number of nitrogen functional groups attached to an aromatic ring is 1. The number of anilines is 2. The first-order chi connectivity index (χ1) is 14.5. The average Bonchev–Trinajstić information content (AvgIpc) is 3.10. The molecule has 0 fully saturated rings. The summed E-state index contributed by atoms with van der Waals surface area (Å²) in [7, 11) is 0. The number of nitrogens with one attached hydrogen (secondary N) is 1. The molecular weight excluding hydrogens is 420 g/mol.